The maximum atomic E-state index is 12.5. The third-order valence-electron chi connectivity index (χ3n) is 5.42. The lowest BCUT2D eigenvalue weighted by Crippen LogP contribution is -2.54. The quantitative estimate of drug-likeness (QED) is 0.535. The van der Waals surface area contributed by atoms with Crippen molar-refractivity contribution in [3.63, 3.8) is 0 Å². The number of piperidine rings is 1. The van der Waals surface area contributed by atoms with Crippen molar-refractivity contribution in [2.24, 2.45) is 10.9 Å². The summed E-state index contributed by atoms with van der Waals surface area (Å²) in [6.45, 7) is 8.66. The first-order valence-electron chi connectivity index (χ1n) is 10.0. The van der Waals surface area contributed by atoms with Gasteiger partial charge in [0.05, 0.1) is 5.69 Å². The van der Waals surface area contributed by atoms with Gasteiger partial charge < -0.3 is 19.6 Å². The van der Waals surface area contributed by atoms with E-state index in [1.807, 2.05) is 0 Å². The molecular formula is C18H32N6O3S. The summed E-state index contributed by atoms with van der Waals surface area (Å²) in [7, 11) is -1.60. The van der Waals surface area contributed by atoms with Crippen LogP contribution in [0.3, 0.4) is 0 Å². The number of rotatable bonds is 6. The molecule has 0 aromatic carbocycles. The second-order valence-corrected chi connectivity index (χ2v) is 9.62. The van der Waals surface area contributed by atoms with Gasteiger partial charge in [0, 0.05) is 58.9 Å². The Balaban J connectivity index is 1.43. The molecule has 2 aliphatic heterocycles. The average molecular weight is 413 g/mol. The van der Waals surface area contributed by atoms with Gasteiger partial charge in [-0.2, -0.15) is 4.31 Å². The van der Waals surface area contributed by atoms with Crippen LogP contribution in [0.25, 0.3) is 0 Å². The van der Waals surface area contributed by atoms with Gasteiger partial charge in [-0.1, -0.05) is 12.1 Å². The number of piperazine rings is 1. The number of nitrogens with one attached hydrogen (secondary N) is 1. The van der Waals surface area contributed by atoms with Gasteiger partial charge in [-0.15, -0.1) is 0 Å². The number of aromatic nitrogens is 1. The fourth-order valence-electron chi connectivity index (χ4n) is 3.92. The Labute approximate surface area is 167 Å². The van der Waals surface area contributed by atoms with Gasteiger partial charge in [0.1, 0.15) is 12.0 Å². The van der Waals surface area contributed by atoms with E-state index in [1.54, 1.807) is 13.1 Å². The summed E-state index contributed by atoms with van der Waals surface area (Å²) in [5.41, 5.74) is 0.437. The molecule has 28 heavy (non-hydrogen) atoms. The first-order chi connectivity index (χ1) is 13.5. The van der Waals surface area contributed by atoms with Crippen molar-refractivity contribution in [2.75, 3.05) is 59.4 Å². The van der Waals surface area contributed by atoms with Gasteiger partial charge in [0.2, 0.25) is 10.0 Å². The predicted octanol–water partition coefficient (Wildman–Crippen LogP) is 0.429. The highest BCUT2D eigenvalue weighted by atomic mass is 32.2. The first-order valence-corrected chi connectivity index (χ1v) is 11.6. The summed E-state index contributed by atoms with van der Waals surface area (Å²) in [5.74, 6) is 1.50. The van der Waals surface area contributed by atoms with Gasteiger partial charge >= 0.3 is 0 Å². The van der Waals surface area contributed by atoms with Crippen molar-refractivity contribution in [3.8, 4) is 0 Å². The Morgan fingerprint density at radius 2 is 2.11 bits per heavy atom. The molecule has 1 unspecified atom stereocenters. The summed E-state index contributed by atoms with van der Waals surface area (Å²) < 4.78 is 31.4. The van der Waals surface area contributed by atoms with E-state index in [-0.39, 0.29) is 5.75 Å². The molecule has 2 aliphatic rings. The van der Waals surface area contributed by atoms with Gasteiger partial charge in [0.15, 0.2) is 5.96 Å². The van der Waals surface area contributed by atoms with Crippen molar-refractivity contribution < 1.29 is 12.9 Å². The molecule has 1 aromatic heterocycles. The monoisotopic (exact) mass is 412 g/mol. The largest absolute Gasteiger partial charge is 0.364 e. The van der Waals surface area contributed by atoms with Crippen LogP contribution in [-0.4, -0.2) is 93.0 Å². The van der Waals surface area contributed by atoms with E-state index in [9.17, 15) is 8.42 Å². The minimum Gasteiger partial charge on any atom is -0.364 e. The Morgan fingerprint density at radius 3 is 2.75 bits per heavy atom. The fraction of sp³-hybridized carbons (Fsp3) is 0.778. The fourth-order valence-corrected chi connectivity index (χ4v) is 5.34. The lowest BCUT2D eigenvalue weighted by Gasteiger charge is -2.36. The maximum Gasteiger partial charge on any atom is 0.220 e. The summed E-state index contributed by atoms with van der Waals surface area (Å²) in [6, 6.07) is 1.59. The molecule has 0 spiro atoms. The molecular weight excluding hydrogens is 380 g/mol. The zero-order valence-electron chi connectivity index (χ0n) is 16.9. The molecule has 9 nitrogen and oxygen atoms in total. The SMILES string of the molecule is CN=C(NCCN1CCCC(C)C1)N1CCN(S(=O)(=O)Cc2ccon2)CC1. The van der Waals surface area contributed by atoms with Crippen molar-refractivity contribution in [2.45, 2.75) is 25.5 Å². The lowest BCUT2D eigenvalue weighted by molar-refractivity contribution is 0.185. The molecule has 3 rings (SSSR count). The molecule has 158 valence electrons. The van der Waals surface area contributed by atoms with Crippen LogP contribution in [0, 0.1) is 5.92 Å². The van der Waals surface area contributed by atoms with Crippen LogP contribution in [0.2, 0.25) is 0 Å². The highest BCUT2D eigenvalue weighted by Gasteiger charge is 2.29. The summed E-state index contributed by atoms with van der Waals surface area (Å²) in [5, 5.41) is 7.14. The molecule has 0 aliphatic carbocycles. The molecule has 10 heteroatoms. The molecule has 2 fully saturated rings. The van der Waals surface area contributed by atoms with Crippen LogP contribution < -0.4 is 5.32 Å². The minimum absolute atomic E-state index is 0.120. The highest BCUT2D eigenvalue weighted by Crippen LogP contribution is 2.15. The van der Waals surface area contributed by atoms with E-state index in [1.165, 1.54) is 36.5 Å². The zero-order chi connectivity index (χ0) is 20.0. The highest BCUT2D eigenvalue weighted by molar-refractivity contribution is 7.88. The third kappa shape index (κ3) is 5.68. The molecule has 1 aromatic rings. The number of likely N-dealkylation sites (tertiary alicyclic amines) is 1. The van der Waals surface area contributed by atoms with Gasteiger partial charge in [-0.3, -0.25) is 4.99 Å². The number of hydrogen-bond donors (Lipinski definition) is 1. The Morgan fingerprint density at radius 1 is 1.32 bits per heavy atom. The van der Waals surface area contributed by atoms with Gasteiger partial charge in [-0.25, -0.2) is 8.42 Å². The van der Waals surface area contributed by atoms with Crippen molar-refractivity contribution in [1.29, 1.82) is 0 Å². The topological polar surface area (TPSA) is 94.3 Å². The van der Waals surface area contributed by atoms with Crippen LogP contribution in [0.4, 0.5) is 0 Å². The van der Waals surface area contributed by atoms with E-state index in [4.69, 9.17) is 4.52 Å². The Kier molecular flexibility index (Phi) is 7.30. The standard InChI is InChI=1S/C18H32N6O3S/c1-16-4-3-7-22(14-16)8-6-20-18(19-2)23-9-11-24(12-10-23)28(25,26)15-17-5-13-27-21-17/h5,13,16H,3-4,6-12,14-15H2,1-2H3,(H,19,20). The van der Waals surface area contributed by atoms with Crippen molar-refractivity contribution in [1.82, 2.24) is 24.6 Å². The second-order valence-electron chi connectivity index (χ2n) is 7.66. The van der Waals surface area contributed by atoms with Crippen molar-refractivity contribution >= 4 is 16.0 Å². The third-order valence-corrected chi connectivity index (χ3v) is 7.23. The van der Waals surface area contributed by atoms with E-state index < -0.39 is 10.0 Å². The normalized spacial score (nSPS) is 23.1. The van der Waals surface area contributed by atoms with Crippen LogP contribution in [0.15, 0.2) is 21.8 Å². The smallest absolute Gasteiger partial charge is 0.220 e. The Hall–Kier alpha value is -1.65. The van der Waals surface area contributed by atoms with Crippen molar-refractivity contribution in [3.05, 3.63) is 18.0 Å². The second kappa shape index (κ2) is 9.71. The molecule has 3 heterocycles. The van der Waals surface area contributed by atoms with Gasteiger partial charge in [0.25, 0.3) is 0 Å². The van der Waals surface area contributed by atoms with E-state index >= 15 is 0 Å². The molecule has 0 amide bonds. The van der Waals surface area contributed by atoms with E-state index in [0.717, 1.165) is 25.0 Å². The lowest BCUT2D eigenvalue weighted by atomic mass is 10.0. The first kappa shape index (κ1) is 21.1. The molecule has 0 bridgehead atoms. The number of sulfonamides is 1. The maximum absolute atomic E-state index is 12.5. The van der Waals surface area contributed by atoms with Gasteiger partial charge in [-0.05, 0) is 25.3 Å². The molecule has 1 atom stereocenters. The number of aliphatic imine (C=N–C) groups is 1. The van der Waals surface area contributed by atoms with Crippen LogP contribution in [0.5, 0.6) is 0 Å². The molecule has 1 N–H and O–H groups in total. The number of hydrogen-bond acceptors (Lipinski definition) is 6. The van der Waals surface area contributed by atoms with Crippen LogP contribution in [0.1, 0.15) is 25.5 Å². The summed E-state index contributed by atoms with van der Waals surface area (Å²) >= 11 is 0. The number of guanidine groups is 1. The van der Waals surface area contributed by atoms with E-state index in [2.05, 4.69) is 32.2 Å². The molecule has 2 saturated heterocycles. The minimum atomic E-state index is -3.38. The Bertz CT molecular complexity index is 729. The summed E-state index contributed by atoms with van der Waals surface area (Å²) in [4.78, 5) is 9.01. The van der Waals surface area contributed by atoms with E-state index in [0.29, 0.717) is 31.9 Å². The average Bonchev–Trinajstić information content (AvgIpc) is 3.18. The zero-order valence-corrected chi connectivity index (χ0v) is 17.7. The van der Waals surface area contributed by atoms with Crippen LogP contribution in [-0.2, 0) is 15.8 Å². The predicted molar refractivity (Wildman–Crippen MR) is 108 cm³/mol. The molecule has 0 radical (unpaired) electrons. The van der Waals surface area contributed by atoms with Crippen LogP contribution >= 0.6 is 0 Å². The number of nitrogens with zero attached hydrogens (tertiary/aromatic N) is 5. The molecule has 0 saturated carbocycles. The summed E-state index contributed by atoms with van der Waals surface area (Å²) in [6.07, 6.45) is 4.00.